The van der Waals surface area contributed by atoms with Gasteiger partial charge in [0.1, 0.15) is 0 Å². The number of halogens is 2. The first kappa shape index (κ1) is 14.5. The molecule has 0 atom stereocenters. The van der Waals surface area contributed by atoms with Crippen molar-refractivity contribution in [2.75, 3.05) is 5.32 Å². The van der Waals surface area contributed by atoms with E-state index in [2.05, 4.69) is 28.2 Å². The van der Waals surface area contributed by atoms with Crippen molar-refractivity contribution in [2.24, 2.45) is 0 Å². The Balaban J connectivity index is 2.42. The first-order chi connectivity index (χ1) is 8.13. The molecule has 1 aromatic rings. The number of amides is 1. The van der Waals surface area contributed by atoms with Crippen LogP contribution in [0.4, 0.5) is 5.69 Å². The van der Waals surface area contributed by atoms with Crippen LogP contribution in [-0.2, 0) is 4.79 Å². The van der Waals surface area contributed by atoms with Crippen LogP contribution >= 0.6 is 27.5 Å². The number of unbranched alkanes of at least 4 members (excludes halogenated alkanes) is 3. The van der Waals surface area contributed by atoms with Crippen molar-refractivity contribution in [3.8, 4) is 0 Å². The third-order valence-electron chi connectivity index (χ3n) is 2.46. The average Bonchev–Trinajstić information content (AvgIpc) is 2.29. The summed E-state index contributed by atoms with van der Waals surface area (Å²) < 4.78 is 0.906. The zero-order valence-corrected chi connectivity index (χ0v) is 12.3. The lowest BCUT2D eigenvalue weighted by molar-refractivity contribution is -0.116. The minimum atomic E-state index is 0.0288. The van der Waals surface area contributed by atoms with Crippen molar-refractivity contribution in [3.63, 3.8) is 0 Å². The smallest absolute Gasteiger partial charge is 0.224 e. The highest BCUT2D eigenvalue weighted by molar-refractivity contribution is 9.10. The molecule has 0 spiro atoms. The number of hydrogen-bond donors (Lipinski definition) is 1. The Hall–Kier alpha value is -0.540. The van der Waals surface area contributed by atoms with Gasteiger partial charge in [-0.3, -0.25) is 4.79 Å². The quantitative estimate of drug-likeness (QED) is 0.734. The third-order valence-corrected chi connectivity index (χ3v) is 3.28. The van der Waals surface area contributed by atoms with Crippen molar-refractivity contribution < 1.29 is 4.79 Å². The number of nitrogens with one attached hydrogen (secondary N) is 1. The average molecular weight is 319 g/mol. The molecular formula is C13H17BrClNO. The van der Waals surface area contributed by atoms with Crippen molar-refractivity contribution >= 4 is 39.1 Å². The van der Waals surface area contributed by atoms with Crippen molar-refractivity contribution in [3.05, 3.63) is 27.7 Å². The highest BCUT2D eigenvalue weighted by Gasteiger charge is 2.06. The fraction of sp³-hybridized carbons (Fsp3) is 0.462. The van der Waals surface area contributed by atoms with Crippen LogP contribution in [0.3, 0.4) is 0 Å². The first-order valence-corrected chi connectivity index (χ1v) is 7.05. The van der Waals surface area contributed by atoms with Gasteiger partial charge in [-0.15, -0.1) is 0 Å². The second-order valence-corrected chi connectivity index (χ2v) is 5.31. The van der Waals surface area contributed by atoms with Gasteiger partial charge in [0.05, 0.1) is 10.7 Å². The number of anilines is 1. The molecule has 0 radical (unpaired) electrons. The predicted octanol–water partition coefficient (Wildman–Crippen LogP) is 5.01. The Morgan fingerprint density at radius 2 is 2.12 bits per heavy atom. The summed E-state index contributed by atoms with van der Waals surface area (Å²) >= 11 is 9.34. The monoisotopic (exact) mass is 317 g/mol. The Bertz CT molecular complexity index is 382. The van der Waals surface area contributed by atoms with Crippen LogP contribution in [0.5, 0.6) is 0 Å². The maximum Gasteiger partial charge on any atom is 0.224 e. The second-order valence-electron chi connectivity index (χ2n) is 3.98. The van der Waals surface area contributed by atoms with Gasteiger partial charge in [-0.1, -0.05) is 53.7 Å². The summed E-state index contributed by atoms with van der Waals surface area (Å²) in [5, 5.41) is 3.39. The van der Waals surface area contributed by atoms with E-state index in [-0.39, 0.29) is 5.91 Å². The van der Waals surface area contributed by atoms with Crippen LogP contribution in [0.1, 0.15) is 39.0 Å². The molecule has 0 unspecified atom stereocenters. The van der Waals surface area contributed by atoms with Crippen molar-refractivity contribution in [1.82, 2.24) is 0 Å². The molecule has 0 saturated heterocycles. The summed E-state index contributed by atoms with van der Waals surface area (Å²) in [5.74, 6) is 0.0288. The maximum absolute atomic E-state index is 11.7. The van der Waals surface area contributed by atoms with E-state index in [1.54, 1.807) is 6.07 Å². The molecule has 94 valence electrons. The summed E-state index contributed by atoms with van der Waals surface area (Å²) in [4.78, 5) is 11.7. The number of benzene rings is 1. The minimum absolute atomic E-state index is 0.0288. The van der Waals surface area contributed by atoms with E-state index < -0.39 is 0 Å². The number of hydrogen-bond acceptors (Lipinski definition) is 1. The molecule has 0 bridgehead atoms. The lowest BCUT2D eigenvalue weighted by Crippen LogP contribution is -2.11. The molecule has 0 aliphatic carbocycles. The van der Waals surface area contributed by atoms with E-state index in [1.165, 1.54) is 12.8 Å². The number of rotatable bonds is 6. The molecule has 2 nitrogen and oxygen atoms in total. The fourth-order valence-corrected chi connectivity index (χ4v) is 2.04. The molecule has 1 rings (SSSR count). The van der Waals surface area contributed by atoms with Gasteiger partial charge in [0, 0.05) is 10.9 Å². The summed E-state index contributed by atoms with van der Waals surface area (Å²) in [7, 11) is 0. The lowest BCUT2D eigenvalue weighted by atomic mass is 10.1. The van der Waals surface area contributed by atoms with Crippen LogP contribution in [0.25, 0.3) is 0 Å². The Kier molecular flexibility index (Phi) is 6.60. The van der Waals surface area contributed by atoms with Gasteiger partial charge < -0.3 is 5.32 Å². The van der Waals surface area contributed by atoms with E-state index in [0.29, 0.717) is 17.1 Å². The Morgan fingerprint density at radius 1 is 1.35 bits per heavy atom. The van der Waals surface area contributed by atoms with Gasteiger partial charge in [-0.25, -0.2) is 0 Å². The molecule has 1 N–H and O–H groups in total. The standard InChI is InChI=1S/C13H17BrClNO/c1-2-3-4-5-6-13(17)16-12-9-10(14)7-8-11(12)15/h7-9H,2-6H2,1H3,(H,16,17). The Labute approximate surface area is 116 Å². The molecule has 1 amide bonds. The zero-order chi connectivity index (χ0) is 12.7. The van der Waals surface area contributed by atoms with E-state index in [9.17, 15) is 4.79 Å². The molecule has 0 heterocycles. The van der Waals surface area contributed by atoms with Gasteiger partial charge in [-0.2, -0.15) is 0 Å². The second kappa shape index (κ2) is 7.72. The van der Waals surface area contributed by atoms with Crippen LogP contribution in [0.2, 0.25) is 5.02 Å². The lowest BCUT2D eigenvalue weighted by Gasteiger charge is -2.07. The molecule has 0 aliphatic rings. The SMILES string of the molecule is CCCCCCC(=O)Nc1cc(Br)ccc1Cl. The van der Waals surface area contributed by atoms with E-state index in [0.717, 1.165) is 17.3 Å². The van der Waals surface area contributed by atoms with Crippen LogP contribution in [0.15, 0.2) is 22.7 Å². The molecule has 1 aromatic carbocycles. The van der Waals surface area contributed by atoms with Gasteiger partial charge in [0.15, 0.2) is 0 Å². The normalized spacial score (nSPS) is 10.3. The van der Waals surface area contributed by atoms with Crippen molar-refractivity contribution in [1.29, 1.82) is 0 Å². The molecule has 0 aliphatic heterocycles. The topological polar surface area (TPSA) is 29.1 Å². The molecule has 0 aromatic heterocycles. The number of carbonyl (C=O) groups is 1. The number of carbonyl (C=O) groups excluding carboxylic acids is 1. The molecular weight excluding hydrogens is 302 g/mol. The molecule has 0 saturated carbocycles. The van der Waals surface area contributed by atoms with E-state index in [1.807, 2.05) is 12.1 Å². The summed E-state index contributed by atoms with van der Waals surface area (Å²) in [6.45, 7) is 2.15. The molecule has 0 fully saturated rings. The Morgan fingerprint density at radius 3 is 2.82 bits per heavy atom. The predicted molar refractivity (Wildman–Crippen MR) is 76.5 cm³/mol. The summed E-state index contributed by atoms with van der Waals surface area (Å²) in [6, 6.07) is 5.42. The summed E-state index contributed by atoms with van der Waals surface area (Å²) in [6.07, 6.45) is 4.97. The first-order valence-electron chi connectivity index (χ1n) is 5.88. The van der Waals surface area contributed by atoms with Crippen LogP contribution in [0, 0.1) is 0 Å². The van der Waals surface area contributed by atoms with Gasteiger partial charge >= 0.3 is 0 Å². The maximum atomic E-state index is 11.7. The van der Waals surface area contributed by atoms with Crippen LogP contribution < -0.4 is 5.32 Å². The highest BCUT2D eigenvalue weighted by Crippen LogP contribution is 2.25. The van der Waals surface area contributed by atoms with Crippen LogP contribution in [-0.4, -0.2) is 5.91 Å². The largest absolute Gasteiger partial charge is 0.325 e. The highest BCUT2D eigenvalue weighted by atomic mass is 79.9. The zero-order valence-electron chi connectivity index (χ0n) is 9.93. The fourth-order valence-electron chi connectivity index (χ4n) is 1.52. The van der Waals surface area contributed by atoms with Gasteiger partial charge in [0.2, 0.25) is 5.91 Å². The van der Waals surface area contributed by atoms with Crippen molar-refractivity contribution in [2.45, 2.75) is 39.0 Å². The third kappa shape index (κ3) is 5.55. The van der Waals surface area contributed by atoms with E-state index in [4.69, 9.17) is 11.6 Å². The van der Waals surface area contributed by atoms with Gasteiger partial charge in [-0.05, 0) is 24.6 Å². The van der Waals surface area contributed by atoms with Gasteiger partial charge in [0.25, 0.3) is 0 Å². The minimum Gasteiger partial charge on any atom is -0.325 e. The summed E-state index contributed by atoms with van der Waals surface area (Å²) in [5.41, 5.74) is 0.668. The molecule has 17 heavy (non-hydrogen) atoms. The van der Waals surface area contributed by atoms with E-state index >= 15 is 0 Å². The molecule has 4 heteroatoms.